The second kappa shape index (κ2) is 4.57. The Bertz CT molecular complexity index is 545. The van der Waals surface area contributed by atoms with Gasteiger partial charge in [-0.05, 0) is 24.1 Å². The second-order valence-electron chi connectivity index (χ2n) is 4.31. The Morgan fingerprint density at radius 2 is 2.29 bits per heavy atom. The first-order valence-electron chi connectivity index (χ1n) is 5.73. The molecule has 0 saturated heterocycles. The van der Waals surface area contributed by atoms with Crippen molar-refractivity contribution in [2.75, 3.05) is 0 Å². The number of aromatic nitrogens is 1. The lowest BCUT2D eigenvalue weighted by atomic mass is 10.1. The smallest absolute Gasteiger partial charge is 0.335 e. The van der Waals surface area contributed by atoms with E-state index < -0.39 is 5.97 Å². The van der Waals surface area contributed by atoms with Gasteiger partial charge in [0.15, 0.2) is 11.5 Å². The molecule has 2 rings (SSSR count). The molecule has 90 valence electrons. The molecule has 0 bridgehead atoms. The van der Waals surface area contributed by atoms with Crippen LogP contribution in [0.5, 0.6) is 0 Å². The van der Waals surface area contributed by atoms with Crippen LogP contribution in [0, 0.1) is 5.92 Å². The quantitative estimate of drug-likeness (QED) is 0.881. The first kappa shape index (κ1) is 11.6. The van der Waals surface area contributed by atoms with Crippen LogP contribution >= 0.6 is 0 Å². The van der Waals surface area contributed by atoms with Crippen molar-refractivity contribution in [2.24, 2.45) is 5.92 Å². The third-order valence-electron chi connectivity index (χ3n) is 2.90. The molecule has 1 heterocycles. The van der Waals surface area contributed by atoms with Crippen LogP contribution in [0.3, 0.4) is 0 Å². The predicted molar refractivity (Wildman–Crippen MR) is 64.1 cm³/mol. The van der Waals surface area contributed by atoms with Crippen molar-refractivity contribution in [3.63, 3.8) is 0 Å². The Morgan fingerprint density at radius 1 is 1.53 bits per heavy atom. The minimum atomic E-state index is -0.952. The maximum Gasteiger partial charge on any atom is 0.335 e. The van der Waals surface area contributed by atoms with E-state index in [1.165, 1.54) is 6.07 Å². The van der Waals surface area contributed by atoms with Gasteiger partial charge in [0.1, 0.15) is 5.52 Å². The van der Waals surface area contributed by atoms with Gasteiger partial charge >= 0.3 is 5.97 Å². The minimum absolute atomic E-state index is 0.226. The van der Waals surface area contributed by atoms with E-state index in [4.69, 9.17) is 9.52 Å². The SMILES string of the molecule is CCC(C)Cc1nc2ccc(C(=O)O)cc2o1. The Balaban J connectivity index is 2.33. The summed E-state index contributed by atoms with van der Waals surface area (Å²) in [6.07, 6.45) is 1.85. The van der Waals surface area contributed by atoms with E-state index in [0.29, 0.717) is 22.9 Å². The Kier molecular flexibility index (Phi) is 3.13. The summed E-state index contributed by atoms with van der Waals surface area (Å²) in [7, 11) is 0. The zero-order chi connectivity index (χ0) is 12.4. The predicted octanol–water partition coefficient (Wildman–Crippen LogP) is 3.11. The van der Waals surface area contributed by atoms with E-state index in [1.54, 1.807) is 12.1 Å². The number of oxazole rings is 1. The molecule has 4 nitrogen and oxygen atoms in total. The van der Waals surface area contributed by atoms with Crippen LogP contribution < -0.4 is 0 Å². The number of carbonyl (C=O) groups is 1. The zero-order valence-corrected chi connectivity index (χ0v) is 9.93. The number of hydrogen-bond donors (Lipinski definition) is 1. The van der Waals surface area contributed by atoms with E-state index in [-0.39, 0.29) is 5.56 Å². The third kappa shape index (κ3) is 2.46. The summed E-state index contributed by atoms with van der Waals surface area (Å²) in [5, 5.41) is 8.87. The molecule has 0 amide bonds. The van der Waals surface area contributed by atoms with Crippen molar-refractivity contribution in [3.05, 3.63) is 29.7 Å². The lowest BCUT2D eigenvalue weighted by molar-refractivity contribution is 0.0697. The largest absolute Gasteiger partial charge is 0.478 e. The zero-order valence-electron chi connectivity index (χ0n) is 9.93. The van der Waals surface area contributed by atoms with Gasteiger partial charge in [0.2, 0.25) is 0 Å². The van der Waals surface area contributed by atoms with Gasteiger partial charge in [0, 0.05) is 6.42 Å². The lowest BCUT2D eigenvalue weighted by Gasteiger charge is -2.02. The number of carboxylic acids is 1. The van der Waals surface area contributed by atoms with Crippen LogP contribution in [0.25, 0.3) is 11.1 Å². The van der Waals surface area contributed by atoms with Gasteiger partial charge in [-0.15, -0.1) is 0 Å². The van der Waals surface area contributed by atoms with E-state index in [9.17, 15) is 4.79 Å². The summed E-state index contributed by atoms with van der Waals surface area (Å²) in [5.41, 5.74) is 1.49. The second-order valence-corrected chi connectivity index (χ2v) is 4.31. The number of hydrogen-bond acceptors (Lipinski definition) is 3. The van der Waals surface area contributed by atoms with Crippen molar-refractivity contribution in [1.82, 2.24) is 4.98 Å². The number of nitrogens with zero attached hydrogens (tertiary/aromatic N) is 1. The molecule has 2 aromatic rings. The van der Waals surface area contributed by atoms with Crippen LogP contribution in [0.15, 0.2) is 22.6 Å². The van der Waals surface area contributed by atoms with Gasteiger partial charge < -0.3 is 9.52 Å². The highest BCUT2D eigenvalue weighted by atomic mass is 16.4. The maximum absolute atomic E-state index is 10.8. The van der Waals surface area contributed by atoms with E-state index >= 15 is 0 Å². The van der Waals surface area contributed by atoms with Gasteiger partial charge in [-0.1, -0.05) is 20.3 Å². The fraction of sp³-hybridized carbons (Fsp3) is 0.385. The van der Waals surface area contributed by atoms with E-state index in [1.807, 2.05) is 0 Å². The molecule has 0 aliphatic heterocycles. The summed E-state index contributed by atoms with van der Waals surface area (Å²) >= 11 is 0. The molecule has 0 spiro atoms. The third-order valence-corrected chi connectivity index (χ3v) is 2.90. The summed E-state index contributed by atoms with van der Waals surface area (Å²) in [6.45, 7) is 4.26. The van der Waals surface area contributed by atoms with Gasteiger partial charge in [-0.2, -0.15) is 0 Å². The Labute approximate surface area is 99.3 Å². The molecule has 1 unspecified atom stereocenters. The maximum atomic E-state index is 10.8. The Hall–Kier alpha value is -1.84. The van der Waals surface area contributed by atoms with Crippen LogP contribution in [0.1, 0.15) is 36.5 Å². The lowest BCUT2D eigenvalue weighted by Crippen LogP contribution is -1.97. The molecule has 1 aromatic carbocycles. The molecular formula is C13H15NO3. The molecule has 0 fully saturated rings. The summed E-state index contributed by atoms with van der Waals surface area (Å²) < 4.78 is 5.56. The fourth-order valence-electron chi connectivity index (χ4n) is 1.64. The average Bonchev–Trinajstić information content (AvgIpc) is 2.69. The molecule has 0 aliphatic carbocycles. The summed E-state index contributed by atoms with van der Waals surface area (Å²) in [5.74, 6) is 0.241. The van der Waals surface area contributed by atoms with Gasteiger partial charge in [-0.3, -0.25) is 0 Å². The van der Waals surface area contributed by atoms with Gasteiger partial charge in [0.25, 0.3) is 0 Å². The highest BCUT2D eigenvalue weighted by molar-refractivity contribution is 5.91. The molecule has 0 aliphatic rings. The standard InChI is InChI=1S/C13H15NO3/c1-3-8(2)6-12-14-10-5-4-9(13(15)16)7-11(10)17-12/h4-5,7-8H,3,6H2,1-2H3,(H,15,16). The van der Waals surface area contributed by atoms with Crippen molar-refractivity contribution in [2.45, 2.75) is 26.7 Å². The number of aromatic carboxylic acids is 1. The van der Waals surface area contributed by atoms with E-state index in [2.05, 4.69) is 18.8 Å². The van der Waals surface area contributed by atoms with Crippen LogP contribution in [-0.4, -0.2) is 16.1 Å². The number of benzene rings is 1. The number of fused-ring (bicyclic) bond motifs is 1. The molecule has 1 aromatic heterocycles. The summed E-state index contributed by atoms with van der Waals surface area (Å²) in [4.78, 5) is 15.2. The Morgan fingerprint density at radius 3 is 2.94 bits per heavy atom. The molecule has 0 radical (unpaired) electrons. The van der Waals surface area contributed by atoms with Crippen molar-refractivity contribution < 1.29 is 14.3 Å². The number of rotatable bonds is 4. The van der Waals surface area contributed by atoms with Crippen LogP contribution in [-0.2, 0) is 6.42 Å². The molecule has 1 atom stereocenters. The molecule has 17 heavy (non-hydrogen) atoms. The topological polar surface area (TPSA) is 63.3 Å². The van der Waals surface area contributed by atoms with Gasteiger partial charge in [0.05, 0.1) is 5.56 Å². The fourth-order valence-corrected chi connectivity index (χ4v) is 1.64. The highest BCUT2D eigenvalue weighted by Gasteiger charge is 2.11. The first-order chi connectivity index (χ1) is 8.10. The van der Waals surface area contributed by atoms with E-state index in [0.717, 1.165) is 12.8 Å². The highest BCUT2D eigenvalue weighted by Crippen LogP contribution is 2.20. The van der Waals surface area contributed by atoms with Crippen molar-refractivity contribution >= 4 is 17.1 Å². The molecule has 4 heteroatoms. The van der Waals surface area contributed by atoms with Crippen LogP contribution in [0.2, 0.25) is 0 Å². The molecule has 1 N–H and O–H groups in total. The number of carboxylic acid groups (broad SMARTS) is 1. The van der Waals surface area contributed by atoms with Gasteiger partial charge in [-0.25, -0.2) is 9.78 Å². The van der Waals surface area contributed by atoms with Crippen LogP contribution in [0.4, 0.5) is 0 Å². The summed E-state index contributed by atoms with van der Waals surface area (Å²) in [6, 6.07) is 4.74. The monoisotopic (exact) mass is 233 g/mol. The molecule has 0 saturated carbocycles. The minimum Gasteiger partial charge on any atom is -0.478 e. The first-order valence-corrected chi connectivity index (χ1v) is 5.73. The average molecular weight is 233 g/mol. The van der Waals surface area contributed by atoms with Crippen molar-refractivity contribution in [1.29, 1.82) is 0 Å². The molecular weight excluding hydrogens is 218 g/mol. The normalized spacial score (nSPS) is 12.8. The van der Waals surface area contributed by atoms with Crippen molar-refractivity contribution in [3.8, 4) is 0 Å².